The van der Waals surface area contributed by atoms with Crippen LogP contribution in [-0.2, 0) is 41.6 Å². The second-order valence-corrected chi connectivity index (χ2v) is 22.1. The Morgan fingerprint density at radius 2 is 1.34 bits per heavy atom. The number of ketones is 2. The molecule has 6 rings (SSSR count). The Kier molecular flexibility index (Phi) is 19.9. The molecule has 0 saturated carbocycles. The van der Waals surface area contributed by atoms with Crippen molar-refractivity contribution in [1.29, 1.82) is 0 Å². The summed E-state index contributed by atoms with van der Waals surface area (Å²) in [7, 11) is 8.52. The van der Waals surface area contributed by atoms with Crippen LogP contribution < -0.4 is 20.4 Å². The number of rotatable bonds is 28. The topological polar surface area (TPSA) is 201 Å². The number of likely N-dealkylation sites (N-methyl/N-ethyl adjacent to an activating group) is 3. The van der Waals surface area contributed by atoms with Crippen LogP contribution in [0.25, 0.3) is 0 Å². The number of hydrogen-bond acceptors (Lipinski definition) is 11. The molecule has 1 saturated heterocycles. The molecule has 16 heteroatoms. The zero-order chi connectivity index (χ0) is 53.9. The Morgan fingerprint density at radius 3 is 1.96 bits per heavy atom. The molecule has 3 heterocycles. The van der Waals surface area contributed by atoms with E-state index < -0.39 is 60.3 Å². The number of fused-ring (bicyclic) bond motifs is 2. The molecule has 74 heavy (non-hydrogen) atoms. The van der Waals surface area contributed by atoms with Gasteiger partial charge < -0.3 is 40.0 Å². The number of carboxylic acid groups (broad SMARTS) is 2. The van der Waals surface area contributed by atoms with Crippen LogP contribution in [-0.4, -0.2) is 153 Å². The molecular formula is C58H81N8O8+. The van der Waals surface area contributed by atoms with Crippen LogP contribution in [0.5, 0.6) is 0 Å². The van der Waals surface area contributed by atoms with Crippen molar-refractivity contribution in [3.05, 3.63) is 82.9 Å². The van der Waals surface area contributed by atoms with E-state index in [1.807, 2.05) is 20.8 Å². The molecule has 3 aliphatic heterocycles. The first kappa shape index (κ1) is 57.0. The summed E-state index contributed by atoms with van der Waals surface area (Å²) in [6.07, 6.45) is 1.17. The van der Waals surface area contributed by atoms with E-state index in [0.29, 0.717) is 17.3 Å². The minimum atomic E-state index is -1.23. The molecule has 1 fully saturated rings. The first-order valence-corrected chi connectivity index (χ1v) is 26.7. The summed E-state index contributed by atoms with van der Waals surface area (Å²) >= 11 is 0. The van der Waals surface area contributed by atoms with Crippen molar-refractivity contribution in [1.82, 2.24) is 15.5 Å². The predicted molar refractivity (Wildman–Crippen MR) is 292 cm³/mol. The number of anilines is 2. The molecule has 0 aliphatic carbocycles. The second kappa shape index (κ2) is 25.8. The van der Waals surface area contributed by atoms with Crippen LogP contribution in [0.4, 0.5) is 22.7 Å². The molecule has 5 atom stereocenters. The first-order valence-electron chi connectivity index (χ1n) is 26.7. The molecule has 4 N–H and O–H groups in total. The highest BCUT2D eigenvalue weighted by atomic mass is 16.4. The highest BCUT2D eigenvalue weighted by molar-refractivity contribution is 6.10. The molecule has 1 unspecified atom stereocenters. The van der Waals surface area contributed by atoms with E-state index >= 15 is 0 Å². The van der Waals surface area contributed by atoms with Gasteiger partial charge in [0.1, 0.15) is 5.78 Å². The lowest BCUT2D eigenvalue weighted by Gasteiger charge is -2.34. The number of nitrogens with one attached hydrogen (secondary N) is 2. The van der Waals surface area contributed by atoms with Gasteiger partial charge in [-0.15, -0.1) is 0 Å². The van der Waals surface area contributed by atoms with Crippen molar-refractivity contribution in [2.75, 3.05) is 90.3 Å². The Morgan fingerprint density at radius 1 is 0.730 bits per heavy atom. The number of aliphatic carboxylic acids is 2. The van der Waals surface area contributed by atoms with E-state index in [4.69, 9.17) is 9.98 Å². The summed E-state index contributed by atoms with van der Waals surface area (Å²) in [5.74, 6) is -6.95. The average Bonchev–Trinajstić information content (AvgIpc) is 4.01. The van der Waals surface area contributed by atoms with Gasteiger partial charge in [-0.25, -0.2) is 0 Å². The Balaban J connectivity index is 0.952. The summed E-state index contributed by atoms with van der Waals surface area (Å²) < 4.78 is 0.675. The van der Waals surface area contributed by atoms with Gasteiger partial charge in [-0.05, 0) is 90.0 Å². The fraction of sp³-hybridized carbons (Fsp3) is 0.552. The summed E-state index contributed by atoms with van der Waals surface area (Å²) in [6.45, 7) is 16.1. The largest absolute Gasteiger partial charge is 0.481 e. The number of Topliss-reactive ketones (excluding diaryl/α,β-unsaturated/α-hetero) is 2. The van der Waals surface area contributed by atoms with Crippen molar-refractivity contribution < 1.29 is 43.5 Å². The standard InChI is InChI=1S/C58H80N8O8/c1-10-38(4)56(62-58(74)42(15-21-54(69)70)34-52(67)39(5)37(2)3)53(68)35-45(36-55(71)72)57(73)59-22-11-28-66(8,9)29-27-64(7)46-16-12-40(13-17-46)50-32-43-30-41(14-19-48(43)60-50)51-33-44-31-47(18-20-49(44)61-51)65-25-23-63(6)24-26-65/h12-14,16-20,30-31,37-39,42,45,56H,10-11,15,21-29,32-36H2,1-9H3,(H3-,59,62,69,70,71,72,73,74)/p+1/t38?,39-,42+,45-,56-/m0/s1. The van der Waals surface area contributed by atoms with Crippen molar-refractivity contribution in [3.63, 3.8) is 0 Å². The second-order valence-electron chi connectivity index (χ2n) is 22.1. The molecule has 0 aromatic heterocycles. The highest BCUT2D eigenvalue weighted by Gasteiger charge is 2.35. The number of amides is 2. The van der Waals surface area contributed by atoms with E-state index in [9.17, 15) is 39.0 Å². The normalized spacial score (nSPS) is 16.5. The molecular weight excluding hydrogens is 937 g/mol. The third-order valence-corrected chi connectivity index (χ3v) is 15.6. The van der Waals surface area contributed by atoms with E-state index in [0.717, 1.165) is 98.3 Å². The van der Waals surface area contributed by atoms with Crippen molar-refractivity contribution in [2.24, 2.45) is 39.6 Å². The number of nitrogens with zero attached hydrogens (tertiary/aromatic N) is 6. The number of aliphatic imine (C=N–C) groups is 2. The Labute approximate surface area is 438 Å². The fourth-order valence-corrected chi connectivity index (χ4v) is 9.91. The van der Waals surface area contributed by atoms with E-state index in [1.165, 1.54) is 16.8 Å². The Bertz CT molecular complexity index is 2560. The lowest BCUT2D eigenvalue weighted by Crippen LogP contribution is -2.49. The smallest absolute Gasteiger partial charge is 0.304 e. The molecule has 400 valence electrons. The maximum Gasteiger partial charge on any atom is 0.304 e. The van der Waals surface area contributed by atoms with Gasteiger partial charge in [-0.3, -0.25) is 38.8 Å². The summed E-state index contributed by atoms with van der Waals surface area (Å²) in [4.78, 5) is 94.4. The van der Waals surface area contributed by atoms with Crippen LogP contribution in [0.3, 0.4) is 0 Å². The van der Waals surface area contributed by atoms with Gasteiger partial charge in [-0.1, -0.05) is 59.2 Å². The molecule has 0 radical (unpaired) electrons. The monoisotopic (exact) mass is 1020 g/mol. The Hall–Kier alpha value is -6.26. The lowest BCUT2D eigenvalue weighted by atomic mass is 9.85. The van der Waals surface area contributed by atoms with E-state index in [1.54, 1.807) is 13.8 Å². The molecule has 3 aromatic rings. The lowest BCUT2D eigenvalue weighted by molar-refractivity contribution is -0.888. The summed E-state index contributed by atoms with van der Waals surface area (Å²) in [5, 5.41) is 24.7. The minimum absolute atomic E-state index is 0.0282. The van der Waals surface area contributed by atoms with Gasteiger partial charge in [0.2, 0.25) is 11.8 Å². The number of piperazine rings is 1. The summed E-state index contributed by atoms with van der Waals surface area (Å²) in [5.41, 5.74) is 11.3. The van der Waals surface area contributed by atoms with Crippen LogP contribution in [0.2, 0.25) is 0 Å². The number of carboxylic acids is 2. The van der Waals surface area contributed by atoms with E-state index in [2.05, 4.69) is 114 Å². The zero-order valence-corrected chi connectivity index (χ0v) is 45.3. The minimum Gasteiger partial charge on any atom is -0.481 e. The maximum absolute atomic E-state index is 13.8. The third kappa shape index (κ3) is 15.6. The SMILES string of the molecule is CCC(C)[C@H](NC(=O)[C@H](CCC(=O)O)CC(=O)[C@@H](C)C(C)C)C(=O)C[C@@H](CC(=O)O)C(=O)NCCC[N+](C)(C)CCN(C)c1ccc(C2=Nc3ccc(C4=Nc5ccc(N6CCN(C)CC6)cc5C4)cc3C2)cc1. The molecule has 0 spiro atoms. The molecule has 16 nitrogen and oxygen atoms in total. The molecule has 2 amide bonds. The maximum atomic E-state index is 13.8. The molecule has 3 aromatic carbocycles. The molecule has 0 bridgehead atoms. The van der Waals surface area contributed by atoms with Gasteiger partial charge in [0, 0.05) is 102 Å². The molecule has 3 aliphatic rings. The van der Waals surface area contributed by atoms with Crippen LogP contribution >= 0.6 is 0 Å². The predicted octanol–water partition coefficient (Wildman–Crippen LogP) is 7.12. The van der Waals surface area contributed by atoms with Crippen molar-refractivity contribution in [3.8, 4) is 0 Å². The van der Waals surface area contributed by atoms with Gasteiger partial charge in [-0.2, -0.15) is 0 Å². The number of benzene rings is 3. The van der Waals surface area contributed by atoms with Crippen LogP contribution in [0.1, 0.15) is 102 Å². The highest BCUT2D eigenvalue weighted by Crippen LogP contribution is 2.36. The van der Waals surface area contributed by atoms with Crippen LogP contribution in [0.15, 0.2) is 70.6 Å². The average molecular weight is 1020 g/mol. The van der Waals surface area contributed by atoms with Crippen molar-refractivity contribution in [2.45, 2.75) is 98.4 Å². The fourth-order valence-electron chi connectivity index (χ4n) is 9.91. The van der Waals surface area contributed by atoms with E-state index in [-0.39, 0.29) is 49.3 Å². The summed E-state index contributed by atoms with van der Waals surface area (Å²) in [6, 6.07) is 20.7. The third-order valence-electron chi connectivity index (χ3n) is 15.6. The van der Waals surface area contributed by atoms with Crippen LogP contribution in [0, 0.1) is 29.6 Å². The van der Waals surface area contributed by atoms with Gasteiger partial charge in [0.25, 0.3) is 0 Å². The van der Waals surface area contributed by atoms with Gasteiger partial charge >= 0.3 is 11.9 Å². The number of quaternary nitrogens is 1. The zero-order valence-electron chi connectivity index (χ0n) is 45.3. The van der Waals surface area contributed by atoms with Gasteiger partial charge in [0.05, 0.1) is 74.9 Å². The quantitative estimate of drug-likeness (QED) is 0.0426. The number of carbonyl (C=O) groups is 6. The van der Waals surface area contributed by atoms with Crippen molar-refractivity contribution >= 4 is 69.5 Å². The van der Waals surface area contributed by atoms with Gasteiger partial charge in [0.15, 0.2) is 5.78 Å². The number of hydrogen-bond donors (Lipinski definition) is 4. The number of carbonyl (C=O) groups excluding carboxylic acids is 4. The first-order chi connectivity index (χ1) is 35.1.